The fraction of sp³-hybridized carbons (Fsp3) is 0.250. The average molecular weight is 385 g/mol. The van der Waals surface area contributed by atoms with Gasteiger partial charge in [0.1, 0.15) is 6.61 Å². The van der Waals surface area contributed by atoms with Crippen LogP contribution in [0.3, 0.4) is 0 Å². The fourth-order valence-electron chi connectivity index (χ4n) is 3.93. The van der Waals surface area contributed by atoms with Crippen molar-refractivity contribution < 1.29 is 14.6 Å². The molecule has 0 amide bonds. The van der Waals surface area contributed by atoms with E-state index < -0.39 is 11.6 Å². The highest BCUT2D eigenvalue weighted by Gasteiger charge is 2.45. The minimum atomic E-state index is -1.79. The van der Waals surface area contributed by atoms with Gasteiger partial charge in [-0.3, -0.25) is 4.79 Å². The number of esters is 1. The Labute approximate surface area is 160 Å². The van der Waals surface area contributed by atoms with Gasteiger partial charge in [-0.2, -0.15) is 0 Å². The van der Waals surface area contributed by atoms with Crippen molar-refractivity contribution in [1.82, 2.24) is 9.55 Å². The first-order valence-electron chi connectivity index (χ1n) is 8.59. The Hall–Kier alpha value is -2.70. The SMILES string of the molecule is CC[C@@]1(O)C(=O)OCc2c1cc1n(c2=O)Cc2cc3ccccc3nc2-1.Cl. The normalized spacial score (nSPS) is 19.7. The van der Waals surface area contributed by atoms with E-state index in [1.165, 1.54) is 0 Å². The highest BCUT2D eigenvalue weighted by molar-refractivity contribution is 5.86. The highest BCUT2D eigenvalue weighted by Crippen LogP contribution is 2.38. The van der Waals surface area contributed by atoms with Gasteiger partial charge in [0.25, 0.3) is 5.56 Å². The average Bonchev–Trinajstić information content (AvgIpc) is 3.01. The van der Waals surface area contributed by atoms with E-state index in [0.29, 0.717) is 23.4 Å². The van der Waals surface area contributed by atoms with E-state index >= 15 is 0 Å². The van der Waals surface area contributed by atoms with Crippen LogP contribution in [0.1, 0.15) is 30.0 Å². The van der Waals surface area contributed by atoms with Crippen molar-refractivity contribution in [2.45, 2.75) is 32.1 Å². The third-order valence-corrected chi connectivity index (χ3v) is 5.42. The number of carbonyl (C=O) groups is 1. The first-order chi connectivity index (χ1) is 12.5. The fourth-order valence-corrected chi connectivity index (χ4v) is 3.93. The lowest BCUT2D eigenvalue weighted by molar-refractivity contribution is -0.172. The van der Waals surface area contributed by atoms with Gasteiger partial charge in [0, 0.05) is 16.5 Å². The smallest absolute Gasteiger partial charge is 0.343 e. The van der Waals surface area contributed by atoms with Crippen LogP contribution in [-0.2, 0) is 28.3 Å². The Morgan fingerprint density at radius 2 is 2.04 bits per heavy atom. The van der Waals surface area contributed by atoms with Gasteiger partial charge >= 0.3 is 5.97 Å². The summed E-state index contributed by atoms with van der Waals surface area (Å²) in [5.41, 5.74) is 1.81. The van der Waals surface area contributed by atoms with Gasteiger partial charge < -0.3 is 14.4 Å². The summed E-state index contributed by atoms with van der Waals surface area (Å²) in [6, 6.07) is 11.6. The third-order valence-electron chi connectivity index (χ3n) is 5.42. The maximum atomic E-state index is 13.0. The molecule has 2 aliphatic heterocycles. The molecule has 2 aliphatic rings. The quantitative estimate of drug-likeness (QED) is 0.510. The number of halogens is 1. The molecule has 1 N–H and O–H groups in total. The van der Waals surface area contributed by atoms with Gasteiger partial charge in [-0.05, 0) is 24.6 Å². The molecule has 0 saturated carbocycles. The Morgan fingerprint density at radius 1 is 1.26 bits per heavy atom. The van der Waals surface area contributed by atoms with E-state index in [2.05, 4.69) is 0 Å². The Bertz CT molecular complexity index is 1170. The largest absolute Gasteiger partial charge is 0.458 e. The van der Waals surface area contributed by atoms with Crippen molar-refractivity contribution in [3.05, 3.63) is 63.4 Å². The summed E-state index contributed by atoms with van der Waals surface area (Å²) < 4.78 is 6.72. The van der Waals surface area contributed by atoms with E-state index in [4.69, 9.17) is 9.72 Å². The number of hydrogen-bond donors (Lipinski definition) is 1. The lowest BCUT2D eigenvalue weighted by atomic mass is 9.86. The molecule has 4 heterocycles. The van der Waals surface area contributed by atoms with Crippen LogP contribution >= 0.6 is 12.4 Å². The predicted octanol–water partition coefficient (Wildman–Crippen LogP) is 2.50. The zero-order valence-electron chi connectivity index (χ0n) is 14.6. The van der Waals surface area contributed by atoms with Gasteiger partial charge in [0.15, 0.2) is 5.60 Å². The zero-order chi connectivity index (χ0) is 18.1. The van der Waals surface area contributed by atoms with Crippen molar-refractivity contribution in [3.63, 3.8) is 0 Å². The van der Waals surface area contributed by atoms with Crippen LogP contribution in [0.25, 0.3) is 22.3 Å². The summed E-state index contributed by atoms with van der Waals surface area (Å²) in [5, 5.41) is 11.8. The predicted molar refractivity (Wildman–Crippen MR) is 102 cm³/mol. The molecule has 0 spiro atoms. The molecule has 27 heavy (non-hydrogen) atoms. The number of rotatable bonds is 1. The lowest BCUT2D eigenvalue weighted by Gasteiger charge is -2.31. The summed E-state index contributed by atoms with van der Waals surface area (Å²) in [5.74, 6) is -0.707. The number of hydrogen-bond acceptors (Lipinski definition) is 5. The molecule has 1 atom stereocenters. The molecule has 7 heteroatoms. The summed E-state index contributed by atoms with van der Waals surface area (Å²) in [4.78, 5) is 29.9. The molecule has 0 bridgehead atoms. The number of ether oxygens (including phenoxy) is 1. The topological polar surface area (TPSA) is 81.4 Å². The first kappa shape index (κ1) is 17.7. The van der Waals surface area contributed by atoms with Crippen molar-refractivity contribution in [2.24, 2.45) is 0 Å². The van der Waals surface area contributed by atoms with Gasteiger partial charge in [-0.15, -0.1) is 12.4 Å². The van der Waals surface area contributed by atoms with Crippen LogP contribution in [0.2, 0.25) is 0 Å². The van der Waals surface area contributed by atoms with E-state index in [-0.39, 0.29) is 31.0 Å². The van der Waals surface area contributed by atoms with Gasteiger partial charge in [-0.1, -0.05) is 25.1 Å². The van der Waals surface area contributed by atoms with E-state index in [1.807, 2.05) is 30.3 Å². The van der Waals surface area contributed by atoms with Crippen molar-refractivity contribution >= 4 is 29.3 Å². The second-order valence-corrected chi connectivity index (χ2v) is 6.79. The molecular weight excluding hydrogens is 368 g/mol. The summed E-state index contributed by atoms with van der Waals surface area (Å²) in [7, 11) is 0. The van der Waals surface area contributed by atoms with Crippen LogP contribution in [0, 0.1) is 0 Å². The number of nitrogens with zero attached hydrogens (tertiary/aromatic N) is 2. The maximum absolute atomic E-state index is 13.0. The van der Waals surface area contributed by atoms with Crippen molar-refractivity contribution in [1.29, 1.82) is 0 Å². The van der Waals surface area contributed by atoms with Crippen LogP contribution in [0.4, 0.5) is 0 Å². The molecule has 0 saturated heterocycles. The van der Waals surface area contributed by atoms with E-state index in [0.717, 1.165) is 22.2 Å². The molecule has 0 aliphatic carbocycles. The van der Waals surface area contributed by atoms with Crippen molar-refractivity contribution in [2.75, 3.05) is 0 Å². The van der Waals surface area contributed by atoms with Crippen LogP contribution in [-0.4, -0.2) is 20.6 Å². The zero-order valence-corrected chi connectivity index (χ0v) is 15.4. The summed E-state index contributed by atoms with van der Waals surface area (Å²) in [6.45, 7) is 2.01. The molecule has 0 unspecified atom stereocenters. The molecule has 0 fully saturated rings. The van der Waals surface area contributed by atoms with Crippen LogP contribution in [0.5, 0.6) is 0 Å². The second kappa shape index (κ2) is 5.90. The molecule has 5 rings (SSSR count). The van der Waals surface area contributed by atoms with E-state index in [1.54, 1.807) is 17.6 Å². The van der Waals surface area contributed by atoms with Crippen molar-refractivity contribution in [3.8, 4) is 11.4 Å². The number of fused-ring (bicyclic) bond motifs is 5. The highest BCUT2D eigenvalue weighted by atomic mass is 35.5. The molecule has 2 aromatic heterocycles. The number of aliphatic hydroxyl groups is 1. The first-order valence-corrected chi connectivity index (χ1v) is 8.59. The number of aromatic nitrogens is 2. The van der Waals surface area contributed by atoms with Gasteiger partial charge in [-0.25, -0.2) is 9.78 Å². The minimum absolute atomic E-state index is 0. The molecule has 138 valence electrons. The maximum Gasteiger partial charge on any atom is 0.343 e. The lowest BCUT2D eigenvalue weighted by Crippen LogP contribution is -2.44. The molecule has 3 aromatic rings. The standard InChI is InChI=1S/C20H16N2O4.ClH/c1-2-20(25)14-8-16-17-12(7-11-5-3-4-6-15(11)21-17)9-22(16)18(23)13(14)10-26-19(20)24;/h3-8,25H,2,9-10H2,1H3;1H/t20-;/m0./s1. The number of benzene rings is 1. The molecular formula is C20H17ClN2O4. The third kappa shape index (κ3) is 2.27. The number of carbonyl (C=O) groups excluding carboxylic acids is 1. The summed E-state index contributed by atoms with van der Waals surface area (Å²) >= 11 is 0. The Balaban J connectivity index is 0.00000180. The number of cyclic esters (lactones) is 1. The number of pyridine rings is 2. The van der Waals surface area contributed by atoms with E-state index in [9.17, 15) is 14.7 Å². The minimum Gasteiger partial charge on any atom is -0.458 e. The Morgan fingerprint density at radius 3 is 2.81 bits per heavy atom. The summed E-state index contributed by atoms with van der Waals surface area (Å²) in [6.07, 6.45) is 0.139. The van der Waals surface area contributed by atoms with Gasteiger partial charge in [0.05, 0.1) is 29.0 Å². The number of para-hydroxylation sites is 1. The Kier molecular flexibility index (Phi) is 3.87. The molecule has 1 aromatic carbocycles. The van der Waals surface area contributed by atoms with Crippen LogP contribution in [0.15, 0.2) is 41.2 Å². The van der Waals surface area contributed by atoms with Gasteiger partial charge in [0.2, 0.25) is 0 Å². The molecule has 6 nitrogen and oxygen atoms in total. The monoisotopic (exact) mass is 384 g/mol. The molecule has 0 radical (unpaired) electrons. The second-order valence-electron chi connectivity index (χ2n) is 6.79. The van der Waals surface area contributed by atoms with Crippen LogP contribution < -0.4 is 5.56 Å².